The minimum atomic E-state index is -4.50. The second-order valence-corrected chi connectivity index (χ2v) is 5.90. The van der Waals surface area contributed by atoms with Crippen LogP contribution in [0.3, 0.4) is 0 Å². The van der Waals surface area contributed by atoms with Crippen molar-refractivity contribution in [3.8, 4) is 0 Å². The fourth-order valence-corrected chi connectivity index (χ4v) is 2.80. The molecular formula is C10H14NO7S2+. The molecule has 0 saturated heterocycles. The van der Waals surface area contributed by atoms with E-state index < -0.39 is 15.0 Å². The van der Waals surface area contributed by atoms with Crippen molar-refractivity contribution in [3.05, 3.63) is 23.3 Å². The Morgan fingerprint density at radius 3 is 2.60 bits per heavy atom. The van der Waals surface area contributed by atoms with E-state index in [1.165, 1.54) is 12.3 Å². The molecule has 0 fully saturated rings. The topological polar surface area (TPSA) is 116 Å². The maximum absolute atomic E-state index is 11.4. The lowest BCUT2D eigenvalue weighted by atomic mass is 10.1. The van der Waals surface area contributed by atoms with Crippen LogP contribution >= 0.6 is 12.0 Å². The molecule has 0 saturated carbocycles. The predicted molar refractivity (Wildman–Crippen MR) is 69.4 cm³/mol. The smallest absolute Gasteiger partial charge is 0.291 e. The maximum atomic E-state index is 11.4. The molecule has 1 aromatic carbocycles. The molecule has 1 aromatic rings. The lowest BCUT2D eigenvalue weighted by Gasteiger charge is -2.07. The summed E-state index contributed by atoms with van der Waals surface area (Å²) in [6, 6.07) is 2.66. The Morgan fingerprint density at radius 2 is 2.10 bits per heavy atom. The van der Waals surface area contributed by atoms with E-state index in [2.05, 4.69) is 9.37 Å². The summed E-state index contributed by atoms with van der Waals surface area (Å²) in [5.41, 5.74) is 0.614. The average molecular weight is 324 g/mol. The van der Waals surface area contributed by atoms with Crippen LogP contribution < -0.4 is 0 Å². The molecule has 0 aliphatic carbocycles. The fourth-order valence-electron chi connectivity index (χ4n) is 1.46. The summed E-state index contributed by atoms with van der Waals surface area (Å²) < 4.78 is 37.1. The Bertz CT molecular complexity index is 612. The van der Waals surface area contributed by atoms with Gasteiger partial charge in [-0.2, -0.15) is 8.42 Å². The molecular weight excluding hydrogens is 310 g/mol. The van der Waals surface area contributed by atoms with Gasteiger partial charge in [0, 0.05) is 4.90 Å². The first-order chi connectivity index (χ1) is 9.29. The molecule has 0 bridgehead atoms. The van der Waals surface area contributed by atoms with Crippen LogP contribution in [0.4, 0.5) is 0 Å². The van der Waals surface area contributed by atoms with Gasteiger partial charge in [0.05, 0.1) is 17.6 Å². The van der Waals surface area contributed by atoms with Crippen LogP contribution in [0.1, 0.15) is 18.1 Å². The third-order valence-electron chi connectivity index (χ3n) is 2.36. The van der Waals surface area contributed by atoms with Crippen molar-refractivity contribution in [2.75, 3.05) is 6.54 Å². The van der Waals surface area contributed by atoms with Crippen molar-refractivity contribution < 1.29 is 37.5 Å². The van der Waals surface area contributed by atoms with Gasteiger partial charge in [-0.15, -0.1) is 4.33 Å². The van der Waals surface area contributed by atoms with Crippen molar-refractivity contribution in [3.63, 3.8) is 0 Å². The lowest BCUT2D eigenvalue weighted by Crippen LogP contribution is -2.12. The van der Waals surface area contributed by atoms with Crippen molar-refractivity contribution in [2.24, 2.45) is 0 Å². The first-order valence-electron chi connectivity index (χ1n) is 5.36. The summed E-state index contributed by atoms with van der Waals surface area (Å²) in [7, 11) is -4.50. The van der Waals surface area contributed by atoms with Gasteiger partial charge < -0.3 is 0 Å². The molecule has 3 N–H and O–H groups in total. The summed E-state index contributed by atoms with van der Waals surface area (Å²) >= 11 is 0.560. The third-order valence-corrected chi connectivity index (χ3v) is 3.81. The zero-order chi connectivity index (χ0) is 15.3. The van der Waals surface area contributed by atoms with Gasteiger partial charge in [0.15, 0.2) is 6.54 Å². The summed E-state index contributed by atoms with van der Waals surface area (Å²) in [6.07, 6.45) is 1.19. The molecule has 0 aliphatic heterocycles. The van der Waals surface area contributed by atoms with Crippen molar-refractivity contribution in [2.45, 2.75) is 23.6 Å². The minimum absolute atomic E-state index is 0.145. The summed E-state index contributed by atoms with van der Waals surface area (Å²) in [5.74, 6) is 0. The number of benzene rings is 1. The molecule has 0 amide bonds. The Labute approximate surface area is 120 Å². The first-order valence-corrected chi connectivity index (χ1v) is 7.55. The number of hydrogen-bond donors (Lipinski definition) is 3. The van der Waals surface area contributed by atoms with Crippen LogP contribution in [-0.4, -0.2) is 40.9 Å². The van der Waals surface area contributed by atoms with E-state index in [1.807, 2.05) is 0 Å². The van der Waals surface area contributed by atoms with Crippen LogP contribution in [0.5, 0.6) is 0 Å². The third kappa shape index (κ3) is 4.44. The minimum Gasteiger partial charge on any atom is -0.291 e. The predicted octanol–water partition coefficient (Wildman–Crippen LogP) is 1.51. The highest BCUT2D eigenvalue weighted by atomic mass is 32.2. The van der Waals surface area contributed by atoms with Crippen LogP contribution in [0.25, 0.3) is 0 Å². The summed E-state index contributed by atoms with van der Waals surface area (Å²) in [4.78, 5) is -0.114. The second-order valence-electron chi connectivity index (χ2n) is 3.74. The molecule has 8 nitrogen and oxygen atoms in total. The number of hydroxylamine groups is 1. The van der Waals surface area contributed by atoms with E-state index in [4.69, 9.17) is 5.26 Å². The van der Waals surface area contributed by atoms with Gasteiger partial charge in [-0.25, -0.2) is 5.26 Å². The number of nitrogens with zero attached hydrogens (tertiary/aromatic N) is 1. The van der Waals surface area contributed by atoms with Gasteiger partial charge in [-0.05, 0) is 36.3 Å². The van der Waals surface area contributed by atoms with E-state index in [9.17, 15) is 18.2 Å². The van der Waals surface area contributed by atoms with Crippen molar-refractivity contribution in [1.82, 2.24) is 0 Å². The largest absolute Gasteiger partial charge is 0.295 e. The molecule has 0 aromatic heterocycles. The summed E-state index contributed by atoms with van der Waals surface area (Å²) in [5, 5.41) is 20.9. The van der Waals surface area contributed by atoms with Crippen LogP contribution in [0, 0.1) is 6.92 Å². The first kappa shape index (κ1) is 16.9. The molecule has 0 aliphatic rings. The van der Waals surface area contributed by atoms with E-state index >= 15 is 0 Å². The van der Waals surface area contributed by atoms with Crippen LogP contribution in [0.2, 0.25) is 0 Å². The van der Waals surface area contributed by atoms with E-state index in [-0.39, 0.29) is 17.0 Å². The van der Waals surface area contributed by atoms with E-state index in [0.717, 1.165) is 10.8 Å². The van der Waals surface area contributed by atoms with Gasteiger partial charge >= 0.3 is 0 Å². The molecule has 112 valence electrons. The Hall–Kier alpha value is -1.17. The highest BCUT2D eigenvalue weighted by Gasteiger charge is 2.21. The van der Waals surface area contributed by atoms with Crippen LogP contribution in [0.15, 0.2) is 21.9 Å². The normalized spacial score (nSPS) is 12.7. The standard InChI is InChI=1S/C10H13NO7S2/c1-3-11(12)6-9-7(2)4-8(19-18-17-13)5-10(9)20(14,15)16/h4-6H,3H2,1-2H3,(H2-,12,13,14,15,16)/p+1/b11-6-. The monoisotopic (exact) mass is 324 g/mol. The molecule has 0 unspecified atom stereocenters. The van der Waals surface area contributed by atoms with Gasteiger partial charge in [0.1, 0.15) is 4.90 Å². The maximum Gasteiger partial charge on any atom is 0.295 e. The second kappa shape index (κ2) is 7.02. The van der Waals surface area contributed by atoms with Crippen molar-refractivity contribution in [1.29, 1.82) is 0 Å². The van der Waals surface area contributed by atoms with Gasteiger partial charge in [0.2, 0.25) is 6.21 Å². The van der Waals surface area contributed by atoms with Gasteiger partial charge in [-0.3, -0.25) is 9.76 Å². The highest BCUT2D eigenvalue weighted by molar-refractivity contribution is 7.94. The molecule has 0 atom stereocenters. The number of hydrogen-bond acceptors (Lipinski definition) is 7. The van der Waals surface area contributed by atoms with Crippen molar-refractivity contribution >= 4 is 28.4 Å². The Kier molecular flexibility index (Phi) is 5.92. The molecule has 0 heterocycles. The average Bonchev–Trinajstić information content (AvgIpc) is 2.37. The number of aryl methyl sites for hydroxylation is 1. The van der Waals surface area contributed by atoms with Crippen LogP contribution in [-0.2, 0) is 19.5 Å². The summed E-state index contributed by atoms with van der Waals surface area (Å²) in [6.45, 7) is 3.49. The zero-order valence-electron chi connectivity index (χ0n) is 10.7. The lowest BCUT2D eigenvalue weighted by molar-refractivity contribution is -0.769. The molecule has 0 spiro atoms. The van der Waals surface area contributed by atoms with Gasteiger partial charge in [0.25, 0.3) is 10.1 Å². The Balaban J connectivity index is 3.44. The fraction of sp³-hybridized carbons (Fsp3) is 0.300. The van der Waals surface area contributed by atoms with Gasteiger partial charge in [-0.1, -0.05) is 5.04 Å². The highest BCUT2D eigenvalue weighted by Crippen LogP contribution is 2.27. The Morgan fingerprint density at radius 1 is 1.45 bits per heavy atom. The zero-order valence-corrected chi connectivity index (χ0v) is 12.3. The molecule has 1 rings (SSSR count). The van der Waals surface area contributed by atoms with E-state index in [0.29, 0.717) is 17.6 Å². The molecule has 20 heavy (non-hydrogen) atoms. The molecule has 10 heteroatoms. The quantitative estimate of drug-likeness (QED) is 0.137. The SMILES string of the molecule is CC/[N+](O)=C/c1c(C)cc(SOOO)cc1S(=O)(=O)O. The number of rotatable bonds is 6. The molecule has 0 radical (unpaired) electrons. The van der Waals surface area contributed by atoms with E-state index in [1.54, 1.807) is 13.8 Å².